The lowest BCUT2D eigenvalue weighted by Gasteiger charge is -2.24. The predicted octanol–water partition coefficient (Wildman–Crippen LogP) is 3.32. The first-order valence-electron chi connectivity index (χ1n) is 8.89. The van der Waals surface area contributed by atoms with E-state index in [0.29, 0.717) is 11.5 Å². The van der Waals surface area contributed by atoms with Gasteiger partial charge in [0, 0.05) is 10.4 Å². The highest BCUT2D eigenvalue weighted by atomic mass is 32.2. The molecule has 1 unspecified atom stereocenters. The average molecular weight is 403 g/mol. The molecule has 1 aromatic heterocycles. The molecular formula is C20H22N2O3S2. The summed E-state index contributed by atoms with van der Waals surface area (Å²) < 4.78 is 26.4. The number of carbonyl (C=O) groups is 1. The van der Waals surface area contributed by atoms with Crippen molar-refractivity contribution in [3.63, 3.8) is 0 Å². The first-order valence-corrected chi connectivity index (χ1v) is 11.2. The smallest absolute Gasteiger partial charge is 0.251 e. The van der Waals surface area contributed by atoms with Crippen LogP contribution in [0.4, 0.5) is 0 Å². The Labute approximate surface area is 164 Å². The van der Waals surface area contributed by atoms with Gasteiger partial charge in [-0.15, -0.1) is 17.8 Å². The second kappa shape index (κ2) is 8.70. The van der Waals surface area contributed by atoms with Crippen LogP contribution >= 0.6 is 11.3 Å². The number of amides is 1. The summed E-state index contributed by atoms with van der Waals surface area (Å²) in [5.41, 5.74) is 0.436. The second-order valence-electron chi connectivity index (χ2n) is 6.56. The normalized spacial score (nSPS) is 16.0. The number of rotatable bonds is 7. The maximum atomic E-state index is 12.7. The maximum Gasteiger partial charge on any atom is 0.251 e. The highest BCUT2D eigenvalue weighted by Gasteiger charge is 2.28. The fraction of sp³-hybridized carbons (Fsp3) is 0.350. The van der Waals surface area contributed by atoms with Crippen LogP contribution in [0, 0.1) is 18.3 Å². The zero-order valence-electron chi connectivity index (χ0n) is 14.9. The third-order valence-electron chi connectivity index (χ3n) is 4.80. The minimum absolute atomic E-state index is 0.000652. The Morgan fingerprint density at radius 2 is 1.93 bits per heavy atom. The molecule has 27 heavy (non-hydrogen) atoms. The number of hydrogen-bond donors (Lipinski definition) is 2. The van der Waals surface area contributed by atoms with Gasteiger partial charge in [-0.2, -0.15) is 4.72 Å². The monoisotopic (exact) mass is 402 g/mol. The lowest BCUT2D eigenvalue weighted by atomic mass is 9.96. The number of thiophene rings is 1. The quantitative estimate of drug-likeness (QED) is 0.698. The highest BCUT2D eigenvalue weighted by molar-refractivity contribution is 7.89. The molecule has 0 aliphatic heterocycles. The molecule has 1 amide bonds. The number of hydrogen-bond acceptors (Lipinski definition) is 4. The van der Waals surface area contributed by atoms with Gasteiger partial charge in [0.05, 0.1) is 17.5 Å². The molecule has 142 valence electrons. The molecule has 1 atom stereocenters. The van der Waals surface area contributed by atoms with Gasteiger partial charge in [0.1, 0.15) is 0 Å². The van der Waals surface area contributed by atoms with Gasteiger partial charge in [-0.3, -0.25) is 4.79 Å². The van der Waals surface area contributed by atoms with Crippen LogP contribution in [0.3, 0.4) is 0 Å². The van der Waals surface area contributed by atoms with E-state index in [2.05, 4.69) is 22.0 Å². The van der Waals surface area contributed by atoms with E-state index in [-0.39, 0.29) is 23.4 Å². The van der Waals surface area contributed by atoms with Gasteiger partial charge in [-0.25, -0.2) is 8.42 Å². The van der Waals surface area contributed by atoms with Gasteiger partial charge in [0.25, 0.3) is 5.91 Å². The molecule has 3 rings (SSSR count). The van der Waals surface area contributed by atoms with Crippen LogP contribution in [-0.2, 0) is 10.0 Å². The SMILES string of the molecule is C#CCNS(=O)(=O)c1ccc(C(=O)NC(c2cccs2)C2CCCC2)cc1. The zero-order chi connectivity index (χ0) is 19.3. The van der Waals surface area contributed by atoms with Gasteiger partial charge in [-0.1, -0.05) is 24.8 Å². The Hall–Kier alpha value is -2.14. The van der Waals surface area contributed by atoms with Gasteiger partial charge < -0.3 is 5.32 Å². The maximum absolute atomic E-state index is 12.7. The summed E-state index contributed by atoms with van der Waals surface area (Å²) in [5, 5.41) is 5.17. The van der Waals surface area contributed by atoms with Crippen LogP contribution < -0.4 is 10.0 Å². The standard InChI is InChI=1S/C20H22N2O3S2/c1-2-13-21-27(24,25)17-11-9-16(10-12-17)20(23)22-19(15-6-3-4-7-15)18-8-5-14-26-18/h1,5,8-12,14-15,19,21H,3-4,6-7,13H2,(H,22,23). The van der Waals surface area contributed by atoms with Crippen molar-refractivity contribution >= 4 is 27.3 Å². The van der Waals surface area contributed by atoms with E-state index in [1.807, 2.05) is 11.4 Å². The average Bonchev–Trinajstić information content (AvgIpc) is 3.38. The van der Waals surface area contributed by atoms with Crippen molar-refractivity contribution in [1.29, 1.82) is 0 Å². The summed E-state index contributed by atoms with van der Waals surface area (Å²) in [5.74, 6) is 2.48. The number of sulfonamides is 1. The van der Waals surface area contributed by atoms with E-state index in [1.165, 1.54) is 37.1 Å². The molecule has 1 aliphatic carbocycles. The van der Waals surface area contributed by atoms with Crippen molar-refractivity contribution < 1.29 is 13.2 Å². The summed E-state index contributed by atoms with van der Waals surface area (Å²) in [6, 6.07) is 9.95. The number of carbonyl (C=O) groups excluding carboxylic acids is 1. The van der Waals surface area contributed by atoms with Crippen LogP contribution in [0.25, 0.3) is 0 Å². The summed E-state index contributed by atoms with van der Waals surface area (Å²) in [4.78, 5) is 14.0. The Morgan fingerprint density at radius 3 is 2.52 bits per heavy atom. The van der Waals surface area contributed by atoms with E-state index in [9.17, 15) is 13.2 Å². The minimum atomic E-state index is -3.66. The van der Waals surface area contributed by atoms with Crippen molar-refractivity contribution in [1.82, 2.24) is 10.0 Å². The zero-order valence-corrected chi connectivity index (χ0v) is 16.5. The van der Waals surface area contributed by atoms with Crippen LogP contribution in [0.5, 0.6) is 0 Å². The number of terminal acetylenes is 1. The Balaban J connectivity index is 1.74. The molecule has 0 saturated heterocycles. The van der Waals surface area contributed by atoms with Crippen LogP contribution in [0.15, 0.2) is 46.7 Å². The third kappa shape index (κ3) is 4.78. The highest BCUT2D eigenvalue weighted by Crippen LogP contribution is 2.37. The summed E-state index contributed by atoms with van der Waals surface area (Å²) in [6.07, 6.45) is 9.70. The molecule has 0 spiro atoms. The van der Waals surface area contributed by atoms with E-state index in [1.54, 1.807) is 11.3 Å². The van der Waals surface area contributed by atoms with E-state index in [0.717, 1.165) is 17.7 Å². The molecule has 5 nitrogen and oxygen atoms in total. The number of benzene rings is 1. The first kappa shape index (κ1) is 19.6. The molecule has 1 heterocycles. The van der Waals surface area contributed by atoms with Gasteiger partial charge >= 0.3 is 0 Å². The third-order valence-corrected chi connectivity index (χ3v) is 7.17. The fourth-order valence-corrected chi connectivity index (χ4v) is 5.21. The van der Waals surface area contributed by atoms with E-state index < -0.39 is 10.0 Å². The summed E-state index contributed by atoms with van der Waals surface area (Å²) in [6.45, 7) is -0.0749. The molecule has 1 saturated carbocycles. The lowest BCUT2D eigenvalue weighted by Crippen LogP contribution is -2.32. The van der Waals surface area contributed by atoms with Crippen molar-refractivity contribution in [2.75, 3.05) is 6.54 Å². The Morgan fingerprint density at radius 1 is 1.22 bits per heavy atom. The topological polar surface area (TPSA) is 75.3 Å². The van der Waals surface area contributed by atoms with Crippen LogP contribution in [0.1, 0.15) is 47.0 Å². The van der Waals surface area contributed by atoms with E-state index >= 15 is 0 Å². The molecule has 0 bridgehead atoms. The molecule has 0 radical (unpaired) electrons. The van der Waals surface area contributed by atoms with Gasteiger partial charge in [0.2, 0.25) is 10.0 Å². The largest absolute Gasteiger partial charge is 0.344 e. The fourth-order valence-electron chi connectivity index (χ4n) is 3.41. The Bertz CT molecular complexity index is 907. The molecule has 7 heteroatoms. The lowest BCUT2D eigenvalue weighted by molar-refractivity contribution is 0.0922. The van der Waals surface area contributed by atoms with Crippen molar-refractivity contribution in [2.45, 2.75) is 36.6 Å². The summed E-state index contributed by atoms with van der Waals surface area (Å²) >= 11 is 1.65. The first-order chi connectivity index (χ1) is 13.0. The molecule has 1 aromatic carbocycles. The molecule has 1 aliphatic rings. The predicted molar refractivity (Wildman–Crippen MR) is 107 cm³/mol. The molecule has 2 aromatic rings. The minimum Gasteiger partial charge on any atom is -0.344 e. The molecule has 2 N–H and O–H groups in total. The second-order valence-corrected chi connectivity index (χ2v) is 9.31. The molecule has 1 fully saturated rings. The van der Waals surface area contributed by atoms with Gasteiger partial charge in [0.15, 0.2) is 0 Å². The summed E-state index contributed by atoms with van der Waals surface area (Å²) in [7, 11) is -3.66. The van der Waals surface area contributed by atoms with Crippen molar-refractivity contribution in [3.8, 4) is 12.3 Å². The molecular weight excluding hydrogens is 380 g/mol. The Kier molecular flexibility index (Phi) is 6.32. The van der Waals surface area contributed by atoms with Crippen molar-refractivity contribution in [3.05, 3.63) is 52.2 Å². The van der Waals surface area contributed by atoms with E-state index in [4.69, 9.17) is 6.42 Å². The van der Waals surface area contributed by atoms with Gasteiger partial charge in [-0.05, 0) is 54.5 Å². The van der Waals surface area contributed by atoms with Crippen LogP contribution in [-0.4, -0.2) is 20.9 Å². The van der Waals surface area contributed by atoms with Crippen LogP contribution in [0.2, 0.25) is 0 Å². The van der Waals surface area contributed by atoms with Crippen molar-refractivity contribution in [2.24, 2.45) is 5.92 Å². The number of nitrogens with one attached hydrogen (secondary N) is 2.